The fourth-order valence-corrected chi connectivity index (χ4v) is 0.965. The predicted molar refractivity (Wildman–Crippen MR) is 45.2 cm³/mol. The number of carbonyl (C=O) groups is 1. The van der Waals surface area contributed by atoms with Gasteiger partial charge < -0.3 is 9.84 Å². The van der Waals surface area contributed by atoms with Crippen LogP contribution in [0.25, 0.3) is 0 Å². The molecular weight excluding hydrogens is 174 g/mol. The van der Waals surface area contributed by atoms with Crippen LogP contribution in [0.15, 0.2) is 12.7 Å². The maximum atomic E-state index is 10.7. The van der Waals surface area contributed by atoms with Gasteiger partial charge in [-0.25, -0.2) is 4.79 Å². The zero-order valence-corrected chi connectivity index (χ0v) is 7.47. The van der Waals surface area contributed by atoms with Crippen molar-refractivity contribution in [2.75, 3.05) is 13.2 Å². The molecule has 0 aliphatic carbocycles. The molecule has 0 aromatic heterocycles. The highest BCUT2D eigenvalue weighted by Gasteiger charge is 2.36. The van der Waals surface area contributed by atoms with Gasteiger partial charge in [0.15, 0.2) is 0 Å². The fraction of sp³-hybridized carbons (Fsp3) is 0.625. The Hall–Kier alpha value is -1.07. The lowest BCUT2D eigenvalue weighted by molar-refractivity contribution is -0.146. The van der Waals surface area contributed by atoms with E-state index in [2.05, 4.69) is 6.58 Å². The van der Waals surface area contributed by atoms with Crippen LogP contribution in [0.3, 0.4) is 0 Å². The standard InChI is InChI=1S/C8H13NO4/c1-3-4-13-9(8(10)11)6(2)7-5-12-7/h3,6-7H,1,4-5H2,2H3,(H,10,11). The molecular formula is C8H13NO4. The summed E-state index contributed by atoms with van der Waals surface area (Å²) in [6.45, 7) is 5.96. The Balaban J connectivity index is 2.44. The molecule has 13 heavy (non-hydrogen) atoms. The minimum Gasteiger partial charge on any atom is -0.463 e. The number of nitrogens with zero attached hydrogens (tertiary/aromatic N) is 1. The van der Waals surface area contributed by atoms with Crippen molar-refractivity contribution in [3.8, 4) is 0 Å². The monoisotopic (exact) mass is 187 g/mol. The molecule has 0 radical (unpaired) electrons. The highest BCUT2D eigenvalue weighted by Crippen LogP contribution is 2.19. The van der Waals surface area contributed by atoms with Gasteiger partial charge in [0.25, 0.3) is 0 Å². The van der Waals surface area contributed by atoms with Gasteiger partial charge in [-0.3, -0.25) is 4.84 Å². The normalized spacial score (nSPS) is 22.1. The molecule has 0 bridgehead atoms. The van der Waals surface area contributed by atoms with E-state index >= 15 is 0 Å². The average molecular weight is 187 g/mol. The second-order valence-electron chi connectivity index (χ2n) is 2.81. The number of hydrogen-bond donors (Lipinski definition) is 1. The first-order chi connectivity index (χ1) is 6.16. The third-order valence-corrected chi connectivity index (χ3v) is 1.79. The highest BCUT2D eigenvalue weighted by atomic mass is 16.7. The van der Waals surface area contributed by atoms with Gasteiger partial charge in [-0.15, -0.1) is 6.58 Å². The molecule has 5 nitrogen and oxygen atoms in total. The van der Waals surface area contributed by atoms with E-state index in [0.717, 1.165) is 5.06 Å². The van der Waals surface area contributed by atoms with Crippen LogP contribution in [-0.4, -0.2) is 41.6 Å². The first kappa shape index (κ1) is 10.0. The van der Waals surface area contributed by atoms with E-state index in [1.807, 2.05) is 0 Å². The van der Waals surface area contributed by atoms with Gasteiger partial charge in [0.2, 0.25) is 0 Å². The molecule has 0 spiro atoms. The van der Waals surface area contributed by atoms with E-state index in [1.54, 1.807) is 6.92 Å². The van der Waals surface area contributed by atoms with Crippen molar-refractivity contribution < 1.29 is 19.5 Å². The molecule has 1 heterocycles. The van der Waals surface area contributed by atoms with Crippen LogP contribution < -0.4 is 0 Å². The summed E-state index contributed by atoms with van der Waals surface area (Å²) in [6, 6.07) is -0.266. The van der Waals surface area contributed by atoms with E-state index in [9.17, 15) is 4.79 Å². The molecule has 0 saturated carbocycles. The summed E-state index contributed by atoms with van der Waals surface area (Å²) in [5, 5.41) is 9.66. The lowest BCUT2D eigenvalue weighted by Gasteiger charge is -2.23. The van der Waals surface area contributed by atoms with Crippen LogP contribution in [0.5, 0.6) is 0 Å². The van der Waals surface area contributed by atoms with Crippen molar-refractivity contribution >= 4 is 6.09 Å². The zero-order valence-electron chi connectivity index (χ0n) is 7.47. The molecule has 1 rings (SSSR count). The van der Waals surface area contributed by atoms with Crippen molar-refractivity contribution in [2.24, 2.45) is 0 Å². The molecule has 1 aliphatic rings. The van der Waals surface area contributed by atoms with Crippen LogP contribution in [0, 0.1) is 0 Å². The number of rotatable bonds is 5. The molecule has 1 amide bonds. The van der Waals surface area contributed by atoms with Crippen molar-refractivity contribution in [3.05, 3.63) is 12.7 Å². The van der Waals surface area contributed by atoms with E-state index in [0.29, 0.717) is 6.61 Å². The molecule has 2 unspecified atom stereocenters. The van der Waals surface area contributed by atoms with E-state index < -0.39 is 6.09 Å². The van der Waals surface area contributed by atoms with Crippen LogP contribution in [0.1, 0.15) is 6.92 Å². The number of epoxide rings is 1. The molecule has 1 N–H and O–H groups in total. The van der Waals surface area contributed by atoms with Crippen molar-refractivity contribution in [1.29, 1.82) is 0 Å². The van der Waals surface area contributed by atoms with Crippen LogP contribution in [-0.2, 0) is 9.57 Å². The predicted octanol–water partition coefficient (Wildman–Crippen LogP) is 0.871. The van der Waals surface area contributed by atoms with Gasteiger partial charge in [0, 0.05) is 0 Å². The van der Waals surface area contributed by atoms with Crippen LogP contribution >= 0.6 is 0 Å². The van der Waals surface area contributed by atoms with Gasteiger partial charge in [0.05, 0.1) is 19.3 Å². The number of carboxylic acid groups (broad SMARTS) is 1. The topological polar surface area (TPSA) is 62.3 Å². The van der Waals surface area contributed by atoms with Gasteiger partial charge in [-0.1, -0.05) is 6.08 Å². The summed E-state index contributed by atoms with van der Waals surface area (Å²) in [5.74, 6) is 0. The smallest absolute Gasteiger partial charge is 0.431 e. The van der Waals surface area contributed by atoms with Gasteiger partial charge in [-0.05, 0) is 6.92 Å². The third-order valence-electron chi connectivity index (χ3n) is 1.79. The minimum atomic E-state index is -1.11. The molecule has 1 aliphatic heterocycles. The summed E-state index contributed by atoms with van der Waals surface area (Å²) in [6.07, 6.45) is 0.363. The van der Waals surface area contributed by atoms with Crippen LogP contribution in [0.4, 0.5) is 4.79 Å². The molecule has 74 valence electrons. The lowest BCUT2D eigenvalue weighted by atomic mass is 10.2. The number of ether oxygens (including phenoxy) is 1. The molecule has 1 fully saturated rings. The second-order valence-corrected chi connectivity index (χ2v) is 2.81. The van der Waals surface area contributed by atoms with E-state index in [4.69, 9.17) is 14.7 Å². The Bertz CT molecular complexity index is 202. The summed E-state index contributed by atoms with van der Waals surface area (Å²) >= 11 is 0. The third kappa shape index (κ3) is 2.71. The number of hydroxylamine groups is 2. The minimum absolute atomic E-state index is 0.0269. The number of hydrogen-bond acceptors (Lipinski definition) is 3. The molecule has 5 heteroatoms. The average Bonchev–Trinajstić information content (AvgIpc) is 2.86. The summed E-state index contributed by atoms with van der Waals surface area (Å²) in [7, 11) is 0. The summed E-state index contributed by atoms with van der Waals surface area (Å²) in [5.41, 5.74) is 0. The molecule has 1 saturated heterocycles. The Morgan fingerprint density at radius 2 is 2.62 bits per heavy atom. The molecule has 0 aromatic rings. The maximum absolute atomic E-state index is 10.7. The first-order valence-corrected chi connectivity index (χ1v) is 4.04. The maximum Gasteiger partial charge on any atom is 0.431 e. The summed E-state index contributed by atoms with van der Waals surface area (Å²) < 4.78 is 4.97. The molecule has 0 aromatic carbocycles. The summed E-state index contributed by atoms with van der Waals surface area (Å²) in [4.78, 5) is 15.6. The zero-order chi connectivity index (χ0) is 9.84. The van der Waals surface area contributed by atoms with Gasteiger partial charge in [0.1, 0.15) is 6.10 Å². The van der Waals surface area contributed by atoms with Gasteiger partial charge in [-0.2, -0.15) is 5.06 Å². The van der Waals surface area contributed by atoms with E-state index in [-0.39, 0.29) is 18.8 Å². The highest BCUT2D eigenvalue weighted by molar-refractivity contribution is 5.64. The second kappa shape index (κ2) is 4.25. The Labute approximate surface area is 76.5 Å². The van der Waals surface area contributed by atoms with Gasteiger partial charge >= 0.3 is 6.09 Å². The lowest BCUT2D eigenvalue weighted by Crippen LogP contribution is -2.40. The quantitative estimate of drug-likeness (QED) is 0.394. The van der Waals surface area contributed by atoms with Crippen LogP contribution in [0.2, 0.25) is 0 Å². The van der Waals surface area contributed by atoms with E-state index in [1.165, 1.54) is 6.08 Å². The number of amides is 1. The fourth-order valence-electron chi connectivity index (χ4n) is 0.965. The SMILES string of the molecule is C=CCON(C(=O)O)C(C)C1CO1. The Morgan fingerprint density at radius 1 is 2.00 bits per heavy atom. The largest absolute Gasteiger partial charge is 0.463 e. The first-order valence-electron chi connectivity index (χ1n) is 4.04. The molecule has 2 atom stereocenters. The van der Waals surface area contributed by atoms with Crippen molar-refractivity contribution in [3.63, 3.8) is 0 Å². The Kier molecular flexibility index (Phi) is 3.27. The van der Waals surface area contributed by atoms with Crippen molar-refractivity contribution in [1.82, 2.24) is 5.06 Å². The Morgan fingerprint density at radius 3 is 3.00 bits per heavy atom. The van der Waals surface area contributed by atoms with Crippen molar-refractivity contribution in [2.45, 2.75) is 19.1 Å².